The molecule has 0 radical (unpaired) electrons. The van der Waals surface area contributed by atoms with Crippen molar-refractivity contribution in [3.8, 4) is 0 Å². The lowest BCUT2D eigenvalue weighted by molar-refractivity contribution is -0.688. The Morgan fingerprint density at radius 1 is 0.415 bits per heavy atom. The summed E-state index contributed by atoms with van der Waals surface area (Å²) in [6.45, 7) is 6.38. The van der Waals surface area contributed by atoms with Crippen molar-refractivity contribution in [1.82, 2.24) is 0 Å². The lowest BCUT2D eigenvalue weighted by Gasteiger charge is -2.44. The van der Waals surface area contributed by atoms with E-state index in [9.17, 15) is 57.5 Å². The monoisotopic (exact) mass is 949 g/mol. The highest BCUT2D eigenvalue weighted by molar-refractivity contribution is 7.20. The topological polar surface area (TPSA) is 30.2 Å². The van der Waals surface area contributed by atoms with Gasteiger partial charge in [0.25, 0.3) is 0 Å². The molecular weight excluding hydrogens is 929 g/mol. The molecule has 344 valence electrons. The molecular formula is C41H20BF20NO2. The number of benzene rings is 5. The third kappa shape index (κ3) is 8.44. The van der Waals surface area contributed by atoms with E-state index in [1.165, 1.54) is 5.56 Å². The van der Waals surface area contributed by atoms with Crippen molar-refractivity contribution in [2.24, 2.45) is 0 Å². The van der Waals surface area contributed by atoms with Gasteiger partial charge < -0.3 is 4.74 Å². The van der Waals surface area contributed by atoms with Crippen molar-refractivity contribution >= 4 is 34.0 Å². The van der Waals surface area contributed by atoms with E-state index in [1.807, 2.05) is 55.9 Å². The fourth-order valence-corrected chi connectivity index (χ4v) is 6.70. The molecule has 1 heterocycles. The summed E-state index contributed by atoms with van der Waals surface area (Å²) in [4.78, 5) is 11.9. The largest absolute Gasteiger partial charge is 0.456 e. The van der Waals surface area contributed by atoms with Crippen LogP contribution in [-0.2, 0) is 11.3 Å². The van der Waals surface area contributed by atoms with Gasteiger partial charge in [0.1, 0.15) is 58.3 Å². The lowest BCUT2D eigenvalue weighted by atomic mass is 9.12. The summed E-state index contributed by atoms with van der Waals surface area (Å²) < 4.78 is 301. The Kier molecular flexibility index (Phi) is 13.8. The van der Waals surface area contributed by atoms with E-state index in [0.29, 0.717) is 5.56 Å². The summed E-state index contributed by atoms with van der Waals surface area (Å²) in [7, 11) is 0. The van der Waals surface area contributed by atoms with Gasteiger partial charge in [-0.1, -0.05) is 30.3 Å². The predicted molar refractivity (Wildman–Crippen MR) is 187 cm³/mol. The summed E-state index contributed by atoms with van der Waals surface area (Å²) in [6, 6.07) is 13.8. The molecule has 0 unspecified atom stereocenters. The Bertz CT molecular complexity index is 2490. The number of pyridine rings is 1. The summed E-state index contributed by atoms with van der Waals surface area (Å²) in [5.41, 5.74) is -13.0. The zero-order valence-corrected chi connectivity index (χ0v) is 32.3. The lowest BCUT2D eigenvalue weighted by Crippen LogP contribution is -2.81. The second-order valence-corrected chi connectivity index (χ2v) is 14.5. The number of carbonyl (C=O) groups is 1. The molecule has 0 bridgehead atoms. The van der Waals surface area contributed by atoms with Gasteiger partial charge in [0.05, 0.1) is 5.56 Å². The normalized spacial score (nSPS) is 11.7. The van der Waals surface area contributed by atoms with Crippen LogP contribution >= 0.6 is 0 Å². The second-order valence-electron chi connectivity index (χ2n) is 14.5. The van der Waals surface area contributed by atoms with Crippen molar-refractivity contribution in [3.05, 3.63) is 182 Å². The van der Waals surface area contributed by atoms with Gasteiger partial charge in [-0.15, -0.1) is 21.9 Å². The zero-order valence-electron chi connectivity index (χ0n) is 32.3. The first-order chi connectivity index (χ1) is 30.1. The minimum atomic E-state index is -7.22. The van der Waals surface area contributed by atoms with Crippen LogP contribution in [0.25, 0.3) is 0 Å². The highest BCUT2D eigenvalue weighted by atomic mass is 19.2. The average Bonchev–Trinajstić information content (AvgIpc) is 3.26. The molecule has 0 spiro atoms. The molecule has 5 aromatic carbocycles. The van der Waals surface area contributed by atoms with Crippen molar-refractivity contribution < 1.29 is 102 Å². The van der Waals surface area contributed by atoms with Gasteiger partial charge in [0.2, 0.25) is 0 Å². The smallest absolute Gasteiger partial charge is 0.339 e. The first kappa shape index (κ1) is 49.4. The SMILES string of the molecule is CC(C)(C)OC(=O)c1cc[n+](Cc2ccccc2)cc1.Fc1c(F)c(F)c([B-](c2c(F)c(F)c(F)c(F)c2F)(c2c(F)c(F)c(F)c(F)c2F)c2c(F)c(F)c(F)c(F)c2F)c(F)c1F. The molecule has 0 atom stereocenters. The molecule has 0 aliphatic carbocycles. The number of carbonyl (C=O) groups excluding carboxylic acids is 1. The van der Waals surface area contributed by atoms with Gasteiger partial charge in [-0.05, 0) is 20.8 Å². The van der Waals surface area contributed by atoms with E-state index >= 15 is 35.1 Å². The second kappa shape index (κ2) is 18.1. The van der Waals surface area contributed by atoms with Crippen LogP contribution in [0.5, 0.6) is 0 Å². The zero-order chi connectivity index (χ0) is 48.9. The Balaban J connectivity index is 0.000000330. The summed E-state index contributed by atoms with van der Waals surface area (Å²) in [5, 5.41) is 0. The number of halogens is 20. The molecule has 6 aromatic rings. The maximum atomic E-state index is 15.4. The van der Waals surface area contributed by atoms with Crippen LogP contribution < -0.4 is 26.4 Å². The summed E-state index contributed by atoms with van der Waals surface area (Å²) in [6.07, 6.45) is -3.43. The molecule has 0 saturated heterocycles. The van der Waals surface area contributed by atoms with Crippen LogP contribution in [0, 0.1) is 116 Å². The van der Waals surface area contributed by atoms with E-state index in [-0.39, 0.29) is 5.97 Å². The highest BCUT2D eigenvalue weighted by Gasteiger charge is 2.52. The van der Waals surface area contributed by atoms with Crippen LogP contribution in [0.4, 0.5) is 87.8 Å². The Hall–Kier alpha value is -6.62. The van der Waals surface area contributed by atoms with Crippen LogP contribution in [0.3, 0.4) is 0 Å². The van der Waals surface area contributed by atoms with E-state index in [1.54, 1.807) is 12.1 Å². The number of esters is 1. The van der Waals surface area contributed by atoms with Gasteiger partial charge in [-0.3, -0.25) is 0 Å². The molecule has 0 amide bonds. The number of rotatable bonds is 7. The van der Waals surface area contributed by atoms with Gasteiger partial charge in [0, 0.05) is 17.7 Å². The molecule has 0 saturated carbocycles. The van der Waals surface area contributed by atoms with Crippen LogP contribution in [0.2, 0.25) is 0 Å². The minimum Gasteiger partial charge on any atom is -0.456 e. The van der Waals surface area contributed by atoms with E-state index < -0.39 is 150 Å². The predicted octanol–water partition coefficient (Wildman–Crippen LogP) is 8.82. The van der Waals surface area contributed by atoms with E-state index in [2.05, 4.69) is 12.1 Å². The Morgan fingerprint density at radius 2 is 0.662 bits per heavy atom. The van der Waals surface area contributed by atoms with Crippen LogP contribution in [-0.4, -0.2) is 17.7 Å². The van der Waals surface area contributed by atoms with Crippen molar-refractivity contribution in [2.75, 3.05) is 0 Å². The van der Waals surface area contributed by atoms with Gasteiger partial charge in [-0.25, -0.2) is 97.2 Å². The van der Waals surface area contributed by atoms with Gasteiger partial charge in [0.15, 0.2) is 88.7 Å². The van der Waals surface area contributed by atoms with Crippen LogP contribution in [0.15, 0.2) is 54.9 Å². The molecule has 0 N–H and O–H groups in total. The molecule has 1 aromatic heterocycles. The quantitative estimate of drug-likeness (QED) is 0.0401. The summed E-state index contributed by atoms with van der Waals surface area (Å²) in [5.74, 6) is -71.7. The molecule has 0 fully saturated rings. The van der Waals surface area contributed by atoms with Crippen LogP contribution in [0.1, 0.15) is 36.7 Å². The third-order valence-corrected chi connectivity index (χ3v) is 9.44. The average molecular weight is 949 g/mol. The maximum Gasteiger partial charge on any atom is 0.339 e. The number of ether oxygens (including phenoxy) is 1. The number of hydrogen-bond donors (Lipinski definition) is 0. The van der Waals surface area contributed by atoms with Gasteiger partial charge >= 0.3 is 5.97 Å². The Labute approximate surface area is 351 Å². The minimum absolute atomic E-state index is 0.288. The first-order valence-corrected chi connectivity index (χ1v) is 17.6. The molecule has 24 heteroatoms. The van der Waals surface area contributed by atoms with Gasteiger partial charge in [-0.2, -0.15) is 0 Å². The summed E-state index contributed by atoms with van der Waals surface area (Å²) >= 11 is 0. The van der Waals surface area contributed by atoms with Crippen molar-refractivity contribution in [3.63, 3.8) is 0 Å². The fraction of sp³-hybridized carbons (Fsp3) is 0.122. The first-order valence-electron chi connectivity index (χ1n) is 17.6. The maximum absolute atomic E-state index is 15.4. The fourth-order valence-electron chi connectivity index (χ4n) is 6.70. The standard InChI is InChI=1S/C24BF20.C17H20NO2/c26-5-1(6(27)14(35)21(42)13(5)34)25(2-7(28)15(36)22(43)16(37)8(2)29,3-9(30)17(38)23(44)18(39)10(3)31)4-11(32)19(40)24(45)20(41)12(4)33;1-17(2,3)20-16(19)15-9-11-18(12-10-15)13-14-7-5-4-6-8-14/h;4-12H,13H2,1-3H3/q-1;+1. The third-order valence-electron chi connectivity index (χ3n) is 9.44. The highest BCUT2D eigenvalue weighted by Crippen LogP contribution is 2.31. The van der Waals surface area contributed by atoms with Crippen molar-refractivity contribution in [1.29, 1.82) is 0 Å². The Morgan fingerprint density at radius 3 is 0.908 bits per heavy atom. The molecule has 3 nitrogen and oxygen atoms in total. The van der Waals surface area contributed by atoms with E-state index in [4.69, 9.17) is 4.74 Å². The molecule has 0 aliphatic heterocycles. The molecule has 6 rings (SSSR count). The number of hydrogen-bond acceptors (Lipinski definition) is 2. The molecule has 0 aliphatic rings. The number of nitrogens with zero attached hydrogens (tertiary/aromatic N) is 1. The van der Waals surface area contributed by atoms with Crippen molar-refractivity contribution in [2.45, 2.75) is 32.9 Å². The number of aromatic nitrogens is 1. The molecule has 65 heavy (non-hydrogen) atoms. The van der Waals surface area contributed by atoms with E-state index in [0.717, 1.165) is 6.54 Å².